The Kier molecular flexibility index (Phi) is 3.49. The zero-order valence-corrected chi connectivity index (χ0v) is 11.1. The molecular formula is C12H16N4S. The molecule has 2 N–H and O–H groups in total. The normalized spacial score (nSPS) is 12.7. The Morgan fingerprint density at radius 3 is 2.65 bits per heavy atom. The van der Waals surface area contributed by atoms with Gasteiger partial charge >= 0.3 is 0 Å². The molecule has 0 fully saturated rings. The Morgan fingerprint density at radius 1 is 1.35 bits per heavy atom. The highest BCUT2D eigenvalue weighted by Crippen LogP contribution is 2.14. The van der Waals surface area contributed by atoms with Gasteiger partial charge in [-0.3, -0.25) is 0 Å². The molecule has 90 valence electrons. The zero-order chi connectivity index (χ0) is 12.4. The minimum absolute atomic E-state index is 0.0226. The number of rotatable bonds is 3. The zero-order valence-electron chi connectivity index (χ0n) is 10.3. The first-order valence-electron chi connectivity index (χ1n) is 5.55. The highest BCUT2D eigenvalue weighted by atomic mass is 32.1. The van der Waals surface area contributed by atoms with Crippen molar-refractivity contribution in [3.8, 4) is 0 Å². The van der Waals surface area contributed by atoms with Crippen LogP contribution in [0.5, 0.6) is 0 Å². The summed E-state index contributed by atoms with van der Waals surface area (Å²) < 4.78 is 0. The van der Waals surface area contributed by atoms with Gasteiger partial charge < -0.3 is 5.73 Å². The molecular weight excluding hydrogens is 232 g/mol. The van der Waals surface area contributed by atoms with Gasteiger partial charge in [-0.1, -0.05) is 0 Å². The molecule has 2 heterocycles. The highest BCUT2D eigenvalue weighted by Gasteiger charge is 2.08. The molecule has 0 unspecified atom stereocenters. The second-order valence-electron chi connectivity index (χ2n) is 4.15. The van der Waals surface area contributed by atoms with Crippen LogP contribution >= 0.6 is 11.3 Å². The van der Waals surface area contributed by atoms with Crippen LogP contribution in [0, 0.1) is 13.8 Å². The topological polar surface area (TPSA) is 64.7 Å². The number of hydrogen-bond donors (Lipinski definition) is 1. The number of hydrogen-bond acceptors (Lipinski definition) is 5. The van der Waals surface area contributed by atoms with Crippen molar-refractivity contribution in [2.45, 2.75) is 33.2 Å². The molecule has 0 saturated heterocycles. The van der Waals surface area contributed by atoms with Crippen LogP contribution in [-0.2, 0) is 6.42 Å². The van der Waals surface area contributed by atoms with E-state index in [-0.39, 0.29) is 6.04 Å². The molecule has 0 radical (unpaired) electrons. The van der Waals surface area contributed by atoms with Crippen LogP contribution in [0.15, 0.2) is 11.6 Å². The Bertz CT molecular complexity index is 519. The van der Waals surface area contributed by atoms with Gasteiger partial charge in [0.25, 0.3) is 0 Å². The third-order valence-electron chi connectivity index (χ3n) is 2.56. The Morgan fingerprint density at radius 2 is 2.12 bits per heavy atom. The predicted octanol–water partition coefficient (Wildman–Crippen LogP) is 2.16. The van der Waals surface area contributed by atoms with Gasteiger partial charge in [-0.2, -0.15) is 0 Å². The molecule has 0 amide bonds. The van der Waals surface area contributed by atoms with E-state index in [9.17, 15) is 0 Å². The SMILES string of the molecule is Cc1nc(Cc2ncc([C@H](C)N)c(C)n2)cs1. The van der Waals surface area contributed by atoms with Crippen molar-refractivity contribution in [3.05, 3.63) is 39.4 Å². The maximum Gasteiger partial charge on any atom is 0.134 e. The summed E-state index contributed by atoms with van der Waals surface area (Å²) in [6, 6.07) is -0.0226. The van der Waals surface area contributed by atoms with Crippen LogP contribution in [0.4, 0.5) is 0 Å². The van der Waals surface area contributed by atoms with Gasteiger partial charge in [-0.05, 0) is 20.8 Å². The molecule has 2 rings (SSSR count). The van der Waals surface area contributed by atoms with Crippen molar-refractivity contribution in [2.24, 2.45) is 5.73 Å². The first kappa shape index (κ1) is 12.1. The third-order valence-corrected chi connectivity index (χ3v) is 3.39. The van der Waals surface area contributed by atoms with E-state index < -0.39 is 0 Å². The molecule has 5 heteroatoms. The summed E-state index contributed by atoms with van der Waals surface area (Å²) in [4.78, 5) is 13.2. The van der Waals surface area contributed by atoms with Gasteiger partial charge in [0.15, 0.2) is 0 Å². The second kappa shape index (κ2) is 4.89. The first-order chi connectivity index (χ1) is 8.06. The largest absolute Gasteiger partial charge is 0.324 e. The smallest absolute Gasteiger partial charge is 0.134 e. The van der Waals surface area contributed by atoms with Gasteiger partial charge in [0, 0.05) is 28.9 Å². The van der Waals surface area contributed by atoms with Crippen LogP contribution in [0.1, 0.15) is 40.7 Å². The van der Waals surface area contributed by atoms with Crippen molar-refractivity contribution in [1.82, 2.24) is 15.0 Å². The fourth-order valence-corrected chi connectivity index (χ4v) is 2.32. The van der Waals surface area contributed by atoms with Crippen LogP contribution in [-0.4, -0.2) is 15.0 Å². The molecule has 0 aromatic carbocycles. The molecule has 4 nitrogen and oxygen atoms in total. The predicted molar refractivity (Wildman–Crippen MR) is 69.0 cm³/mol. The summed E-state index contributed by atoms with van der Waals surface area (Å²) >= 11 is 1.65. The average molecular weight is 248 g/mol. The summed E-state index contributed by atoms with van der Waals surface area (Å²) in [5, 5.41) is 3.12. The van der Waals surface area contributed by atoms with Crippen LogP contribution in [0.3, 0.4) is 0 Å². The number of aryl methyl sites for hydroxylation is 2. The van der Waals surface area contributed by atoms with Crippen LogP contribution < -0.4 is 5.73 Å². The monoisotopic (exact) mass is 248 g/mol. The van der Waals surface area contributed by atoms with E-state index in [1.54, 1.807) is 11.3 Å². The van der Waals surface area contributed by atoms with E-state index in [0.717, 1.165) is 27.8 Å². The molecule has 17 heavy (non-hydrogen) atoms. The third kappa shape index (κ3) is 2.87. The van der Waals surface area contributed by atoms with E-state index in [1.807, 2.05) is 32.3 Å². The van der Waals surface area contributed by atoms with Gasteiger partial charge in [-0.25, -0.2) is 15.0 Å². The minimum Gasteiger partial charge on any atom is -0.324 e. The number of nitrogens with zero attached hydrogens (tertiary/aromatic N) is 3. The first-order valence-corrected chi connectivity index (χ1v) is 6.43. The molecule has 2 aromatic rings. The quantitative estimate of drug-likeness (QED) is 0.904. The summed E-state index contributed by atoms with van der Waals surface area (Å²) in [6.07, 6.45) is 2.51. The number of thiazole rings is 1. The molecule has 1 atom stereocenters. The minimum atomic E-state index is -0.0226. The summed E-state index contributed by atoms with van der Waals surface area (Å²) in [6.45, 7) is 5.91. The van der Waals surface area contributed by atoms with Crippen LogP contribution in [0.25, 0.3) is 0 Å². The lowest BCUT2D eigenvalue weighted by molar-refractivity contribution is 0.775. The Labute approximate surface area is 105 Å². The highest BCUT2D eigenvalue weighted by molar-refractivity contribution is 7.09. The summed E-state index contributed by atoms with van der Waals surface area (Å²) in [7, 11) is 0. The molecule has 0 spiro atoms. The summed E-state index contributed by atoms with van der Waals surface area (Å²) in [5.41, 5.74) is 8.82. The molecule has 2 aromatic heterocycles. The molecule has 0 bridgehead atoms. The van der Waals surface area contributed by atoms with E-state index >= 15 is 0 Å². The van der Waals surface area contributed by atoms with Crippen molar-refractivity contribution >= 4 is 11.3 Å². The van der Waals surface area contributed by atoms with Crippen molar-refractivity contribution < 1.29 is 0 Å². The standard InChI is InChI=1S/C12H16N4S/c1-7(13)11-5-14-12(15-8(11)2)4-10-6-17-9(3)16-10/h5-7H,4,13H2,1-3H3/t7-/m0/s1. The number of nitrogens with two attached hydrogens (primary N) is 1. The maximum absolute atomic E-state index is 5.83. The maximum atomic E-state index is 5.83. The lowest BCUT2D eigenvalue weighted by Crippen LogP contribution is -2.10. The van der Waals surface area contributed by atoms with Gasteiger partial charge in [0.2, 0.25) is 0 Å². The molecule has 0 aliphatic carbocycles. The average Bonchev–Trinajstić information content (AvgIpc) is 2.63. The molecule has 0 aliphatic heterocycles. The van der Waals surface area contributed by atoms with Crippen LogP contribution in [0.2, 0.25) is 0 Å². The second-order valence-corrected chi connectivity index (χ2v) is 5.21. The fourth-order valence-electron chi connectivity index (χ4n) is 1.71. The van der Waals surface area contributed by atoms with Gasteiger partial charge in [0.05, 0.1) is 17.1 Å². The number of aromatic nitrogens is 3. The Hall–Kier alpha value is -1.33. The van der Waals surface area contributed by atoms with Gasteiger partial charge in [0.1, 0.15) is 5.82 Å². The fraction of sp³-hybridized carbons (Fsp3) is 0.417. The van der Waals surface area contributed by atoms with E-state index in [1.165, 1.54) is 0 Å². The van der Waals surface area contributed by atoms with Crippen molar-refractivity contribution in [2.75, 3.05) is 0 Å². The van der Waals surface area contributed by atoms with E-state index in [2.05, 4.69) is 15.0 Å². The lowest BCUT2D eigenvalue weighted by atomic mass is 10.1. The summed E-state index contributed by atoms with van der Waals surface area (Å²) in [5.74, 6) is 0.803. The van der Waals surface area contributed by atoms with Crippen molar-refractivity contribution in [3.63, 3.8) is 0 Å². The van der Waals surface area contributed by atoms with E-state index in [0.29, 0.717) is 6.42 Å². The van der Waals surface area contributed by atoms with Gasteiger partial charge in [-0.15, -0.1) is 11.3 Å². The molecule has 0 aliphatic rings. The van der Waals surface area contributed by atoms with E-state index in [4.69, 9.17) is 5.73 Å². The Balaban J connectivity index is 2.20. The lowest BCUT2D eigenvalue weighted by Gasteiger charge is -2.09. The van der Waals surface area contributed by atoms with Crippen molar-refractivity contribution in [1.29, 1.82) is 0 Å². The molecule has 0 saturated carbocycles.